The number of benzene rings is 2. The van der Waals surface area contributed by atoms with Crippen molar-refractivity contribution < 1.29 is 23.1 Å². The molecular formula is C33H43N3O5S2. The first-order valence-corrected chi connectivity index (χ1v) is 17.0. The average molecular weight is 626 g/mol. The van der Waals surface area contributed by atoms with E-state index in [1.54, 1.807) is 25.2 Å². The van der Waals surface area contributed by atoms with E-state index in [9.17, 15) is 18.3 Å². The van der Waals surface area contributed by atoms with Gasteiger partial charge in [0.1, 0.15) is 11.8 Å². The van der Waals surface area contributed by atoms with Crippen molar-refractivity contribution in [3.8, 4) is 16.5 Å². The Morgan fingerprint density at radius 3 is 2.05 bits per heavy atom. The molecule has 1 saturated carbocycles. The Morgan fingerprint density at radius 2 is 1.53 bits per heavy atom. The molecule has 2 aromatic carbocycles. The fourth-order valence-corrected chi connectivity index (χ4v) is 6.30. The molecule has 0 aliphatic heterocycles. The maximum Gasteiger partial charge on any atom is 0.242 e. The summed E-state index contributed by atoms with van der Waals surface area (Å²) in [5.74, 6) is 0.415. The van der Waals surface area contributed by atoms with Gasteiger partial charge >= 0.3 is 0 Å². The highest BCUT2D eigenvalue weighted by Gasteiger charge is 2.35. The van der Waals surface area contributed by atoms with Crippen LogP contribution in [0.15, 0.2) is 72.1 Å². The highest BCUT2D eigenvalue weighted by atomic mass is 32.2. The molecule has 0 unspecified atom stereocenters. The van der Waals surface area contributed by atoms with Crippen LogP contribution in [0, 0.1) is 5.92 Å². The molecule has 0 spiro atoms. The Kier molecular flexibility index (Phi) is 12.8. The molecule has 1 fully saturated rings. The van der Waals surface area contributed by atoms with Gasteiger partial charge in [0.2, 0.25) is 15.9 Å². The lowest BCUT2D eigenvalue weighted by molar-refractivity contribution is -0.130. The summed E-state index contributed by atoms with van der Waals surface area (Å²) in [6.45, 7) is 11.3. The average Bonchev–Trinajstić information content (AvgIpc) is 3.69. The van der Waals surface area contributed by atoms with E-state index in [2.05, 4.69) is 9.71 Å². The number of aliphatic hydroxyl groups excluding tert-OH is 1. The number of Topliss-reactive ketones (excluding diaryl/α,β-unsaturated/α-hetero) is 1. The number of carbonyl (C=O) groups is 1. The second-order valence-electron chi connectivity index (χ2n) is 11.3. The maximum atomic E-state index is 11.4. The van der Waals surface area contributed by atoms with Gasteiger partial charge in [-0.15, -0.1) is 11.3 Å². The van der Waals surface area contributed by atoms with Crippen molar-refractivity contribution >= 4 is 38.2 Å². The highest BCUT2D eigenvalue weighted by molar-refractivity contribution is 7.90. The molecule has 0 saturated heterocycles. The minimum Gasteiger partial charge on any atom is -0.473 e. The molecular weight excluding hydrogens is 583 g/mol. The summed E-state index contributed by atoms with van der Waals surface area (Å²) in [4.78, 5) is 21.8. The summed E-state index contributed by atoms with van der Waals surface area (Å²) in [7, 11) is -2.94. The number of ketones is 1. The molecule has 0 amide bonds. The summed E-state index contributed by atoms with van der Waals surface area (Å²) < 4.78 is 30.5. The predicted molar refractivity (Wildman–Crippen MR) is 175 cm³/mol. The number of hydrogen-bond donors (Lipinski definition) is 2. The number of sulfonamides is 1. The van der Waals surface area contributed by atoms with Gasteiger partial charge in [0.25, 0.3) is 0 Å². The molecule has 2 aromatic heterocycles. The van der Waals surface area contributed by atoms with Crippen molar-refractivity contribution in [2.75, 3.05) is 0 Å². The monoisotopic (exact) mass is 625 g/mol. The van der Waals surface area contributed by atoms with Crippen LogP contribution in [0.3, 0.4) is 0 Å². The molecule has 2 heterocycles. The molecule has 43 heavy (non-hydrogen) atoms. The Labute approximate surface area is 259 Å². The van der Waals surface area contributed by atoms with Crippen LogP contribution in [-0.4, -0.2) is 52.8 Å². The second kappa shape index (κ2) is 16.0. The summed E-state index contributed by atoms with van der Waals surface area (Å²) in [6, 6.07) is 21.5. The molecule has 0 bridgehead atoms. The fraction of sp³-hybridized carbons (Fsp3) is 0.424. The molecule has 4 aromatic rings. The number of rotatable bonds is 10. The van der Waals surface area contributed by atoms with Crippen LogP contribution < -0.4 is 9.46 Å². The van der Waals surface area contributed by atoms with Gasteiger partial charge in [0, 0.05) is 18.4 Å². The number of hydrogen-bond acceptors (Lipinski definition) is 8. The first-order chi connectivity index (χ1) is 20.4. The van der Waals surface area contributed by atoms with Crippen LogP contribution in [0.2, 0.25) is 0 Å². The molecule has 2 N–H and O–H groups in total. The number of aliphatic hydroxyl groups is 1. The summed E-state index contributed by atoms with van der Waals surface area (Å²) in [5, 5.41) is 11.5. The molecule has 10 heteroatoms. The van der Waals surface area contributed by atoms with Crippen LogP contribution in [0.25, 0.3) is 21.6 Å². The topological polar surface area (TPSA) is 118 Å². The number of fused-ring (bicyclic) bond motifs is 1. The molecule has 1 aliphatic rings. The van der Waals surface area contributed by atoms with Gasteiger partial charge in [0.05, 0.1) is 27.3 Å². The fourth-order valence-electron chi connectivity index (χ4n) is 3.99. The quantitative estimate of drug-likeness (QED) is 0.208. The van der Waals surface area contributed by atoms with E-state index in [0.29, 0.717) is 12.3 Å². The van der Waals surface area contributed by atoms with Crippen LogP contribution >= 0.6 is 11.3 Å². The predicted octanol–water partition coefficient (Wildman–Crippen LogP) is 6.44. The third kappa shape index (κ3) is 11.1. The first-order valence-electron chi connectivity index (χ1n) is 14.6. The van der Waals surface area contributed by atoms with Crippen molar-refractivity contribution in [2.24, 2.45) is 5.92 Å². The Balaban J connectivity index is 0.000000187. The summed E-state index contributed by atoms with van der Waals surface area (Å²) in [5.41, 5.74) is 3.57. The Morgan fingerprint density at radius 1 is 0.930 bits per heavy atom. The zero-order valence-corrected chi connectivity index (χ0v) is 27.4. The van der Waals surface area contributed by atoms with Gasteiger partial charge in [-0.25, -0.2) is 23.1 Å². The van der Waals surface area contributed by atoms with E-state index in [1.165, 1.54) is 0 Å². The van der Waals surface area contributed by atoms with Gasteiger partial charge in [-0.3, -0.25) is 4.79 Å². The van der Waals surface area contributed by atoms with Crippen molar-refractivity contribution in [3.05, 3.63) is 77.7 Å². The van der Waals surface area contributed by atoms with Crippen LogP contribution in [-0.2, 0) is 21.2 Å². The Bertz CT molecular complexity index is 1540. The minimum absolute atomic E-state index is 0.0330. The number of carbonyl (C=O) groups excluding carboxylic acids is 1. The zero-order valence-electron chi connectivity index (χ0n) is 25.7. The largest absolute Gasteiger partial charge is 0.473 e. The number of para-hydroxylation sites is 2. The van der Waals surface area contributed by atoms with Gasteiger partial charge in [-0.2, -0.15) is 0 Å². The van der Waals surface area contributed by atoms with Gasteiger partial charge in [0.15, 0.2) is 5.78 Å². The molecule has 0 radical (unpaired) electrons. The number of aromatic nitrogens is 2. The lowest BCUT2D eigenvalue weighted by Crippen LogP contribution is -2.32. The van der Waals surface area contributed by atoms with Crippen molar-refractivity contribution in [1.82, 2.24) is 14.7 Å². The van der Waals surface area contributed by atoms with E-state index in [0.717, 1.165) is 40.0 Å². The van der Waals surface area contributed by atoms with E-state index < -0.39 is 16.1 Å². The lowest BCUT2D eigenvalue weighted by atomic mass is 9.98. The summed E-state index contributed by atoms with van der Waals surface area (Å²) >= 11 is 1.64. The van der Waals surface area contributed by atoms with E-state index in [-0.39, 0.29) is 29.1 Å². The molecule has 232 valence electrons. The number of thiophene rings is 1. The lowest BCUT2D eigenvalue weighted by Gasteiger charge is -2.12. The highest BCUT2D eigenvalue weighted by Crippen LogP contribution is 2.32. The minimum atomic E-state index is -2.94. The summed E-state index contributed by atoms with van der Waals surface area (Å²) in [6.07, 6.45) is 1.30. The molecule has 8 nitrogen and oxygen atoms in total. The third-order valence-electron chi connectivity index (χ3n) is 6.17. The first kappa shape index (κ1) is 34.3. The normalized spacial score (nSPS) is 13.7. The molecule has 1 atom stereocenters. The SMILES string of the molecule is CC(C)C(=O)[C@@H](O)Cc1ccccc1.CC(C)NS(=O)(=O)C1CC1.CC(C)Oc1nc2ccccc2nc1-c1cccs1. The second-order valence-corrected chi connectivity index (χ2v) is 14.2. The van der Waals surface area contributed by atoms with Crippen molar-refractivity contribution in [2.45, 2.75) is 84.3 Å². The van der Waals surface area contributed by atoms with Gasteiger partial charge < -0.3 is 9.84 Å². The zero-order chi connectivity index (χ0) is 31.6. The smallest absolute Gasteiger partial charge is 0.242 e. The van der Waals surface area contributed by atoms with Gasteiger partial charge in [-0.1, -0.05) is 62.4 Å². The maximum absolute atomic E-state index is 11.4. The number of nitrogens with one attached hydrogen (secondary N) is 1. The molecule has 1 aliphatic carbocycles. The standard InChI is InChI=1S/C15H14N2OS.C12H16O2.C6H13NO2S/c1-10(2)18-15-14(13-8-5-9-19-13)16-11-6-3-4-7-12(11)17-15;1-9(2)12(14)11(13)8-10-6-4-3-5-7-10;1-5(2)7-10(8,9)6-3-4-6/h3-10H,1-2H3;3-7,9,11,13H,8H2,1-2H3;5-7H,3-4H2,1-2H3/t;11-;/m.0./s1. The van der Waals surface area contributed by atoms with E-state index in [1.807, 2.05) is 99.8 Å². The van der Waals surface area contributed by atoms with Crippen LogP contribution in [0.4, 0.5) is 0 Å². The molecule has 5 rings (SSSR count). The van der Waals surface area contributed by atoms with E-state index >= 15 is 0 Å². The number of nitrogens with zero attached hydrogens (tertiary/aromatic N) is 2. The van der Waals surface area contributed by atoms with Crippen molar-refractivity contribution in [1.29, 1.82) is 0 Å². The Hall–Kier alpha value is -3.18. The van der Waals surface area contributed by atoms with Crippen LogP contribution in [0.5, 0.6) is 5.88 Å². The van der Waals surface area contributed by atoms with Crippen molar-refractivity contribution in [3.63, 3.8) is 0 Å². The third-order valence-corrected chi connectivity index (χ3v) is 9.20. The number of ether oxygens (including phenoxy) is 1. The van der Waals surface area contributed by atoms with E-state index in [4.69, 9.17) is 9.72 Å². The van der Waals surface area contributed by atoms with Crippen LogP contribution in [0.1, 0.15) is 59.9 Å². The van der Waals surface area contributed by atoms with Gasteiger partial charge in [-0.05, 0) is 69.7 Å².